The van der Waals surface area contributed by atoms with E-state index < -0.39 is 0 Å². The maximum absolute atomic E-state index is 5.55. The van der Waals surface area contributed by atoms with Crippen LogP contribution < -0.4 is 5.32 Å². The average molecular weight is 278 g/mol. The molecule has 2 heterocycles. The molecule has 5 nitrogen and oxygen atoms in total. The number of nitrogens with zero attached hydrogens (tertiary/aromatic N) is 3. The Morgan fingerprint density at radius 2 is 2.10 bits per heavy atom. The summed E-state index contributed by atoms with van der Waals surface area (Å²) in [6, 6.07) is 0.619. The lowest BCUT2D eigenvalue weighted by Crippen LogP contribution is -2.44. The maximum Gasteiger partial charge on any atom is 0.146 e. The molecule has 0 bridgehead atoms. The van der Waals surface area contributed by atoms with Crippen molar-refractivity contribution in [1.82, 2.24) is 20.1 Å². The fraction of sp³-hybridized carbons (Fsp3) is 0.867. The van der Waals surface area contributed by atoms with Crippen LogP contribution in [0, 0.1) is 12.3 Å². The molecule has 1 atom stereocenters. The second-order valence-corrected chi connectivity index (χ2v) is 6.21. The largest absolute Gasteiger partial charge is 0.381 e. The number of rotatable bonds is 4. The lowest BCUT2D eigenvalue weighted by molar-refractivity contribution is 0.00400. The van der Waals surface area contributed by atoms with Crippen LogP contribution >= 0.6 is 0 Å². The molecular weight excluding hydrogens is 252 g/mol. The fourth-order valence-corrected chi connectivity index (χ4v) is 4.02. The molecule has 1 aromatic rings. The first-order valence-electron chi connectivity index (χ1n) is 7.95. The lowest BCUT2D eigenvalue weighted by atomic mass is 9.75. The summed E-state index contributed by atoms with van der Waals surface area (Å²) in [5.41, 5.74) is 0.477. The van der Waals surface area contributed by atoms with Gasteiger partial charge in [0.25, 0.3) is 0 Å². The summed E-state index contributed by atoms with van der Waals surface area (Å²) in [5.74, 6) is 2.08. The lowest BCUT2D eigenvalue weighted by Gasteiger charge is -2.39. The molecule has 20 heavy (non-hydrogen) atoms. The molecule has 1 aromatic heterocycles. The SMILES string of the molecule is CCn1c(C)nnc1CNC1CCCC12CCOCC2. The molecule has 5 heteroatoms. The smallest absolute Gasteiger partial charge is 0.146 e. The van der Waals surface area contributed by atoms with Crippen LogP contribution in [-0.2, 0) is 17.8 Å². The summed E-state index contributed by atoms with van der Waals surface area (Å²) in [7, 11) is 0. The van der Waals surface area contributed by atoms with E-state index in [4.69, 9.17) is 4.74 Å². The van der Waals surface area contributed by atoms with Gasteiger partial charge in [-0.05, 0) is 44.9 Å². The van der Waals surface area contributed by atoms with Gasteiger partial charge < -0.3 is 14.6 Å². The van der Waals surface area contributed by atoms with Crippen molar-refractivity contribution in [3.05, 3.63) is 11.6 Å². The van der Waals surface area contributed by atoms with Crippen molar-refractivity contribution in [2.45, 2.75) is 65.1 Å². The molecular formula is C15H26N4O. The maximum atomic E-state index is 5.55. The van der Waals surface area contributed by atoms with Crippen LogP contribution in [0.2, 0.25) is 0 Å². The van der Waals surface area contributed by atoms with Gasteiger partial charge in [0.15, 0.2) is 0 Å². The number of aryl methyl sites for hydroxylation is 1. The normalized spacial score (nSPS) is 25.4. The van der Waals surface area contributed by atoms with Crippen LogP contribution in [0.5, 0.6) is 0 Å². The Kier molecular flexibility index (Phi) is 4.08. The minimum atomic E-state index is 0.477. The molecule has 1 saturated carbocycles. The van der Waals surface area contributed by atoms with Gasteiger partial charge in [-0.2, -0.15) is 0 Å². The van der Waals surface area contributed by atoms with E-state index in [0.29, 0.717) is 11.5 Å². The molecule has 1 aliphatic carbocycles. The van der Waals surface area contributed by atoms with Crippen LogP contribution in [-0.4, -0.2) is 34.0 Å². The van der Waals surface area contributed by atoms with Gasteiger partial charge in [-0.15, -0.1) is 10.2 Å². The molecule has 1 aliphatic heterocycles. The van der Waals surface area contributed by atoms with E-state index in [1.807, 2.05) is 6.92 Å². The molecule has 1 N–H and O–H groups in total. The van der Waals surface area contributed by atoms with Crippen LogP contribution in [0.1, 0.15) is 50.7 Å². The summed E-state index contributed by atoms with van der Waals surface area (Å²) in [4.78, 5) is 0. The summed E-state index contributed by atoms with van der Waals surface area (Å²) in [6.45, 7) is 7.82. The minimum absolute atomic E-state index is 0.477. The first-order chi connectivity index (χ1) is 9.75. The van der Waals surface area contributed by atoms with Crippen molar-refractivity contribution >= 4 is 0 Å². The van der Waals surface area contributed by atoms with Gasteiger partial charge >= 0.3 is 0 Å². The van der Waals surface area contributed by atoms with E-state index in [-0.39, 0.29) is 0 Å². The van der Waals surface area contributed by atoms with E-state index in [1.54, 1.807) is 0 Å². The summed E-state index contributed by atoms with van der Waals surface area (Å²) < 4.78 is 7.75. The predicted molar refractivity (Wildman–Crippen MR) is 77.4 cm³/mol. The second kappa shape index (κ2) is 5.82. The summed E-state index contributed by atoms with van der Waals surface area (Å²) in [5, 5.41) is 12.3. The number of hydrogen-bond acceptors (Lipinski definition) is 4. The van der Waals surface area contributed by atoms with Crippen molar-refractivity contribution in [2.24, 2.45) is 5.41 Å². The van der Waals surface area contributed by atoms with Gasteiger partial charge in [-0.3, -0.25) is 0 Å². The van der Waals surface area contributed by atoms with E-state index in [9.17, 15) is 0 Å². The van der Waals surface area contributed by atoms with Gasteiger partial charge in [-0.1, -0.05) is 6.42 Å². The molecule has 3 rings (SSSR count). The third kappa shape index (κ3) is 2.49. The zero-order valence-electron chi connectivity index (χ0n) is 12.7. The fourth-order valence-electron chi connectivity index (χ4n) is 4.02. The third-order valence-corrected chi connectivity index (χ3v) is 5.23. The predicted octanol–water partition coefficient (Wildman–Crippen LogP) is 2.05. The zero-order chi connectivity index (χ0) is 14.0. The van der Waals surface area contributed by atoms with Gasteiger partial charge in [-0.25, -0.2) is 0 Å². The van der Waals surface area contributed by atoms with Crippen molar-refractivity contribution in [3.63, 3.8) is 0 Å². The molecule has 1 unspecified atom stereocenters. The van der Waals surface area contributed by atoms with Crippen LogP contribution in [0.25, 0.3) is 0 Å². The Hall–Kier alpha value is -0.940. The van der Waals surface area contributed by atoms with Crippen molar-refractivity contribution < 1.29 is 4.74 Å². The van der Waals surface area contributed by atoms with Crippen LogP contribution in [0.15, 0.2) is 0 Å². The third-order valence-electron chi connectivity index (χ3n) is 5.23. The number of nitrogens with one attached hydrogen (secondary N) is 1. The second-order valence-electron chi connectivity index (χ2n) is 6.21. The standard InChI is InChI=1S/C15H26N4O/c1-3-19-12(2)17-18-14(19)11-16-13-5-4-6-15(13)7-9-20-10-8-15/h13,16H,3-11H2,1-2H3. The molecule has 0 radical (unpaired) electrons. The van der Waals surface area contributed by atoms with Crippen molar-refractivity contribution in [1.29, 1.82) is 0 Å². The number of ether oxygens (including phenoxy) is 1. The highest BCUT2D eigenvalue weighted by Crippen LogP contribution is 2.46. The summed E-state index contributed by atoms with van der Waals surface area (Å²) in [6.07, 6.45) is 6.41. The Bertz CT molecular complexity index is 451. The highest BCUT2D eigenvalue weighted by atomic mass is 16.5. The Labute approximate surface area is 121 Å². The topological polar surface area (TPSA) is 52.0 Å². The molecule has 1 saturated heterocycles. The van der Waals surface area contributed by atoms with Crippen LogP contribution in [0.3, 0.4) is 0 Å². The van der Waals surface area contributed by atoms with Gasteiger partial charge in [0.2, 0.25) is 0 Å². The van der Waals surface area contributed by atoms with Gasteiger partial charge in [0.1, 0.15) is 11.6 Å². The van der Waals surface area contributed by atoms with E-state index in [1.165, 1.54) is 32.1 Å². The van der Waals surface area contributed by atoms with Gasteiger partial charge in [0, 0.05) is 25.8 Å². The Balaban J connectivity index is 1.65. The highest BCUT2D eigenvalue weighted by Gasteiger charge is 2.43. The minimum Gasteiger partial charge on any atom is -0.381 e. The Morgan fingerprint density at radius 1 is 1.30 bits per heavy atom. The van der Waals surface area contributed by atoms with E-state index >= 15 is 0 Å². The average Bonchev–Trinajstić information content (AvgIpc) is 3.01. The molecule has 0 aromatic carbocycles. The Morgan fingerprint density at radius 3 is 2.85 bits per heavy atom. The molecule has 0 amide bonds. The van der Waals surface area contributed by atoms with Crippen LogP contribution in [0.4, 0.5) is 0 Å². The van der Waals surface area contributed by atoms with Crippen molar-refractivity contribution in [3.8, 4) is 0 Å². The number of aromatic nitrogens is 3. The zero-order valence-corrected chi connectivity index (χ0v) is 12.7. The monoisotopic (exact) mass is 278 g/mol. The van der Waals surface area contributed by atoms with E-state index in [2.05, 4.69) is 27.0 Å². The summed E-state index contributed by atoms with van der Waals surface area (Å²) >= 11 is 0. The highest BCUT2D eigenvalue weighted by molar-refractivity contribution is 5.00. The molecule has 2 aliphatic rings. The first-order valence-corrected chi connectivity index (χ1v) is 7.95. The molecule has 112 valence electrons. The quantitative estimate of drug-likeness (QED) is 0.916. The first kappa shape index (κ1) is 14.0. The number of hydrogen-bond donors (Lipinski definition) is 1. The van der Waals surface area contributed by atoms with Gasteiger partial charge in [0.05, 0.1) is 6.54 Å². The molecule has 1 spiro atoms. The molecule has 2 fully saturated rings. The van der Waals surface area contributed by atoms with E-state index in [0.717, 1.165) is 38.0 Å². The van der Waals surface area contributed by atoms with Crippen molar-refractivity contribution in [2.75, 3.05) is 13.2 Å².